The number of rotatable bonds is 3. The summed E-state index contributed by atoms with van der Waals surface area (Å²) in [4.78, 5) is 14.4. The molecule has 2 aromatic rings. The second kappa shape index (κ2) is 7.35. The van der Waals surface area contributed by atoms with Crippen molar-refractivity contribution < 1.29 is 9.53 Å². The first-order valence-corrected chi connectivity index (χ1v) is 8.27. The summed E-state index contributed by atoms with van der Waals surface area (Å²) in [6, 6.07) is 15.0. The van der Waals surface area contributed by atoms with Crippen molar-refractivity contribution in [1.29, 1.82) is 0 Å². The molecular formula is C18H17Cl2NO2. The molecule has 0 saturated carbocycles. The fourth-order valence-corrected chi connectivity index (χ4v) is 3.07. The number of morpholine rings is 1. The highest BCUT2D eigenvalue weighted by Crippen LogP contribution is 2.28. The van der Waals surface area contributed by atoms with Crippen LogP contribution in [0.1, 0.15) is 17.2 Å². The van der Waals surface area contributed by atoms with Crippen molar-refractivity contribution >= 4 is 29.1 Å². The molecule has 1 saturated heterocycles. The Labute approximate surface area is 145 Å². The van der Waals surface area contributed by atoms with Crippen LogP contribution in [-0.4, -0.2) is 30.5 Å². The molecule has 1 atom stereocenters. The lowest BCUT2D eigenvalue weighted by atomic mass is 10.1. The smallest absolute Gasteiger partial charge is 0.227 e. The lowest BCUT2D eigenvalue weighted by molar-refractivity contribution is -0.138. The fourth-order valence-electron chi connectivity index (χ4n) is 2.69. The minimum Gasteiger partial charge on any atom is -0.370 e. The van der Waals surface area contributed by atoms with E-state index in [-0.39, 0.29) is 12.0 Å². The molecule has 5 heteroatoms. The molecule has 3 rings (SSSR count). The topological polar surface area (TPSA) is 29.5 Å². The third kappa shape index (κ3) is 4.05. The first-order chi connectivity index (χ1) is 11.1. The Kier molecular flexibility index (Phi) is 5.21. The Balaban J connectivity index is 1.67. The van der Waals surface area contributed by atoms with Gasteiger partial charge in [-0.15, -0.1) is 0 Å². The average Bonchev–Trinajstić information content (AvgIpc) is 2.57. The van der Waals surface area contributed by atoms with Crippen molar-refractivity contribution in [2.24, 2.45) is 0 Å². The monoisotopic (exact) mass is 349 g/mol. The third-order valence-electron chi connectivity index (χ3n) is 3.94. The SMILES string of the molecule is O=C(Cc1ccc(Cl)cc1)N1CCOC(c2ccccc2Cl)C1. The quantitative estimate of drug-likeness (QED) is 0.833. The summed E-state index contributed by atoms with van der Waals surface area (Å²) in [7, 11) is 0. The number of benzene rings is 2. The lowest BCUT2D eigenvalue weighted by Gasteiger charge is -2.33. The van der Waals surface area contributed by atoms with Crippen LogP contribution < -0.4 is 0 Å². The molecule has 1 fully saturated rings. The predicted molar refractivity (Wildman–Crippen MR) is 91.9 cm³/mol. The molecule has 2 aromatic carbocycles. The van der Waals surface area contributed by atoms with Crippen molar-refractivity contribution in [3.05, 3.63) is 69.7 Å². The number of amides is 1. The van der Waals surface area contributed by atoms with Gasteiger partial charge in [0.15, 0.2) is 0 Å². The zero-order chi connectivity index (χ0) is 16.2. The van der Waals surface area contributed by atoms with Crippen molar-refractivity contribution in [2.45, 2.75) is 12.5 Å². The number of nitrogens with zero attached hydrogens (tertiary/aromatic N) is 1. The van der Waals surface area contributed by atoms with Gasteiger partial charge in [0.05, 0.1) is 19.6 Å². The summed E-state index contributed by atoms with van der Waals surface area (Å²) in [5, 5.41) is 1.34. The van der Waals surface area contributed by atoms with E-state index in [1.54, 1.807) is 12.1 Å². The van der Waals surface area contributed by atoms with Gasteiger partial charge in [-0.25, -0.2) is 0 Å². The Morgan fingerprint density at radius 3 is 2.61 bits per heavy atom. The van der Waals surface area contributed by atoms with Gasteiger partial charge in [0.25, 0.3) is 0 Å². The molecule has 0 bridgehead atoms. The molecule has 0 aliphatic carbocycles. The molecule has 23 heavy (non-hydrogen) atoms. The van der Waals surface area contributed by atoms with Crippen molar-refractivity contribution in [3.63, 3.8) is 0 Å². The van der Waals surface area contributed by atoms with Gasteiger partial charge in [0.2, 0.25) is 5.91 Å². The summed E-state index contributed by atoms with van der Waals surface area (Å²) in [5.41, 5.74) is 1.89. The van der Waals surface area contributed by atoms with Crippen LogP contribution in [0.4, 0.5) is 0 Å². The summed E-state index contributed by atoms with van der Waals surface area (Å²) in [6.45, 7) is 1.64. The molecule has 1 aliphatic heterocycles. The number of ether oxygens (including phenoxy) is 1. The van der Waals surface area contributed by atoms with E-state index in [4.69, 9.17) is 27.9 Å². The molecule has 1 amide bonds. The molecule has 0 N–H and O–H groups in total. The maximum absolute atomic E-state index is 12.5. The molecule has 3 nitrogen and oxygen atoms in total. The van der Waals surface area contributed by atoms with Crippen molar-refractivity contribution in [1.82, 2.24) is 4.90 Å². The van der Waals surface area contributed by atoms with E-state index in [1.807, 2.05) is 41.3 Å². The van der Waals surface area contributed by atoms with E-state index in [2.05, 4.69) is 0 Å². The molecule has 1 heterocycles. The standard InChI is InChI=1S/C18H17Cl2NO2/c19-14-7-5-13(6-8-14)11-18(22)21-9-10-23-17(12-21)15-3-1-2-4-16(15)20/h1-8,17H,9-12H2. The van der Waals surface area contributed by atoms with E-state index in [1.165, 1.54) is 0 Å². The van der Waals surface area contributed by atoms with Crippen LogP contribution in [0.2, 0.25) is 10.0 Å². The molecule has 0 aromatic heterocycles. The van der Waals surface area contributed by atoms with Gasteiger partial charge in [0.1, 0.15) is 6.10 Å². The fraction of sp³-hybridized carbons (Fsp3) is 0.278. The van der Waals surface area contributed by atoms with E-state index in [9.17, 15) is 4.79 Å². The highest BCUT2D eigenvalue weighted by Gasteiger charge is 2.26. The first-order valence-electron chi connectivity index (χ1n) is 7.52. The van der Waals surface area contributed by atoms with Crippen LogP contribution >= 0.6 is 23.2 Å². The Hall–Kier alpha value is -1.55. The number of hydrogen-bond donors (Lipinski definition) is 0. The van der Waals surface area contributed by atoms with Crippen LogP contribution in [0.5, 0.6) is 0 Å². The van der Waals surface area contributed by atoms with E-state index in [0.717, 1.165) is 11.1 Å². The molecule has 1 aliphatic rings. The normalized spacial score (nSPS) is 18.0. The van der Waals surface area contributed by atoms with Crippen molar-refractivity contribution in [3.8, 4) is 0 Å². The van der Waals surface area contributed by atoms with E-state index >= 15 is 0 Å². The number of halogens is 2. The second-order valence-electron chi connectivity index (χ2n) is 5.52. The van der Waals surface area contributed by atoms with Crippen LogP contribution in [0.3, 0.4) is 0 Å². The maximum Gasteiger partial charge on any atom is 0.227 e. The van der Waals surface area contributed by atoms with Gasteiger partial charge < -0.3 is 9.64 Å². The largest absolute Gasteiger partial charge is 0.370 e. The number of carbonyl (C=O) groups excluding carboxylic acids is 1. The molecular weight excluding hydrogens is 333 g/mol. The summed E-state index contributed by atoms with van der Waals surface area (Å²) < 4.78 is 5.80. The second-order valence-corrected chi connectivity index (χ2v) is 6.37. The van der Waals surface area contributed by atoms with Gasteiger partial charge in [-0.05, 0) is 23.8 Å². The van der Waals surface area contributed by atoms with Gasteiger partial charge >= 0.3 is 0 Å². The van der Waals surface area contributed by atoms with Crippen molar-refractivity contribution in [2.75, 3.05) is 19.7 Å². The highest BCUT2D eigenvalue weighted by atomic mass is 35.5. The Bertz CT molecular complexity index is 688. The van der Waals surface area contributed by atoms with Crippen LogP contribution in [0, 0.1) is 0 Å². The van der Waals surface area contributed by atoms with Gasteiger partial charge in [0, 0.05) is 22.2 Å². The van der Waals surface area contributed by atoms with Gasteiger partial charge in [-0.2, -0.15) is 0 Å². The predicted octanol–water partition coefficient (Wildman–Crippen LogP) is 4.14. The summed E-state index contributed by atoms with van der Waals surface area (Å²) in [6.07, 6.45) is 0.193. The Morgan fingerprint density at radius 1 is 1.13 bits per heavy atom. The molecule has 1 unspecified atom stereocenters. The maximum atomic E-state index is 12.5. The summed E-state index contributed by atoms with van der Waals surface area (Å²) in [5.74, 6) is 0.0904. The summed E-state index contributed by atoms with van der Waals surface area (Å²) >= 11 is 12.1. The molecule has 120 valence electrons. The lowest BCUT2D eigenvalue weighted by Crippen LogP contribution is -2.43. The van der Waals surface area contributed by atoms with Crippen LogP contribution in [-0.2, 0) is 16.0 Å². The molecule has 0 radical (unpaired) electrons. The number of carbonyl (C=O) groups is 1. The highest BCUT2D eigenvalue weighted by molar-refractivity contribution is 6.31. The van der Waals surface area contributed by atoms with Gasteiger partial charge in [-0.3, -0.25) is 4.79 Å². The molecule has 0 spiro atoms. The zero-order valence-electron chi connectivity index (χ0n) is 12.5. The van der Waals surface area contributed by atoms with E-state index < -0.39 is 0 Å². The Morgan fingerprint density at radius 2 is 1.87 bits per heavy atom. The van der Waals surface area contributed by atoms with E-state index in [0.29, 0.717) is 36.2 Å². The minimum atomic E-state index is -0.174. The first kappa shape index (κ1) is 16.3. The minimum absolute atomic E-state index is 0.0904. The zero-order valence-corrected chi connectivity index (χ0v) is 14.1. The number of hydrogen-bond acceptors (Lipinski definition) is 2. The van der Waals surface area contributed by atoms with Crippen LogP contribution in [0.15, 0.2) is 48.5 Å². The average molecular weight is 350 g/mol. The van der Waals surface area contributed by atoms with Gasteiger partial charge in [-0.1, -0.05) is 53.5 Å². The third-order valence-corrected chi connectivity index (χ3v) is 4.54. The van der Waals surface area contributed by atoms with Crippen LogP contribution in [0.25, 0.3) is 0 Å².